The molecule has 0 saturated heterocycles. The van der Waals surface area contributed by atoms with Crippen LogP contribution < -0.4 is 15.4 Å². The number of hydrogen-bond donors (Lipinski definition) is 2. The number of ether oxygens (including phenoxy) is 2. The summed E-state index contributed by atoms with van der Waals surface area (Å²) >= 11 is 0. The summed E-state index contributed by atoms with van der Waals surface area (Å²) in [6.07, 6.45) is 2.58. The lowest BCUT2D eigenvalue weighted by atomic mass is 10.1. The SMILES string of the molecule is CN=C(NCc1ncc(-c2ccc(C)cc2)o1)Nc1cccc(OCCCOC)c1. The molecule has 0 saturated carbocycles. The van der Waals surface area contributed by atoms with Gasteiger partial charge < -0.3 is 24.5 Å². The van der Waals surface area contributed by atoms with Gasteiger partial charge in [0, 0.05) is 44.5 Å². The second-order valence-electron chi connectivity index (χ2n) is 6.76. The first-order chi connectivity index (χ1) is 14.7. The Labute approximate surface area is 177 Å². The third-order valence-electron chi connectivity index (χ3n) is 4.38. The molecule has 7 heteroatoms. The van der Waals surface area contributed by atoms with Gasteiger partial charge in [-0.25, -0.2) is 4.98 Å². The monoisotopic (exact) mass is 408 g/mol. The van der Waals surface area contributed by atoms with Crippen molar-refractivity contribution in [1.29, 1.82) is 0 Å². The van der Waals surface area contributed by atoms with Crippen LogP contribution in [0.25, 0.3) is 11.3 Å². The van der Waals surface area contributed by atoms with E-state index in [4.69, 9.17) is 13.9 Å². The van der Waals surface area contributed by atoms with Crippen molar-refractivity contribution in [2.75, 3.05) is 32.7 Å². The lowest BCUT2D eigenvalue weighted by molar-refractivity contribution is 0.172. The highest BCUT2D eigenvalue weighted by Gasteiger charge is 2.08. The summed E-state index contributed by atoms with van der Waals surface area (Å²) in [6, 6.07) is 15.9. The number of oxazole rings is 1. The van der Waals surface area contributed by atoms with E-state index in [-0.39, 0.29) is 0 Å². The van der Waals surface area contributed by atoms with Gasteiger partial charge in [0.1, 0.15) is 5.75 Å². The van der Waals surface area contributed by atoms with Crippen molar-refractivity contribution < 1.29 is 13.9 Å². The molecule has 1 aromatic heterocycles. The van der Waals surface area contributed by atoms with Crippen LogP contribution >= 0.6 is 0 Å². The van der Waals surface area contributed by atoms with Gasteiger partial charge in [-0.15, -0.1) is 0 Å². The first-order valence-electron chi connectivity index (χ1n) is 9.89. The van der Waals surface area contributed by atoms with E-state index in [0.29, 0.717) is 31.6 Å². The highest BCUT2D eigenvalue weighted by molar-refractivity contribution is 5.93. The van der Waals surface area contributed by atoms with Crippen molar-refractivity contribution in [1.82, 2.24) is 10.3 Å². The fourth-order valence-corrected chi connectivity index (χ4v) is 2.78. The number of rotatable bonds is 9. The minimum absolute atomic E-state index is 0.415. The van der Waals surface area contributed by atoms with Crippen molar-refractivity contribution >= 4 is 11.6 Å². The van der Waals surface area contributed by atoms with E-state index >= 15 is 0 Å². The number of anilines is 1. The predicted octanol–water partition coefficient (Wildman–Crippen LogP) is 4.25. The Hall–Kier alpha value is -3.32. The van der Waals surface area contributed by atoms with Crippen LogP contribution in [0.1, 0.15) is 17.9 Å². The first kappa shape index (κ1) is 21.4. The average Bonchev–Trinajstić information content (AvgIpc) is 3.24. The molecule has 0 fully saturated rings. The van der Waals surface area contributed by atoms with Crippen LogP contribution in [0.5, 0.6) is 5.75 Å². The average molecular weight is 409 g/mol. The maximum atomic E-state index is 5.85. The Balaban J connectivity index is 1.53. The van der Waals surface area contributed by atoms with Crippen LogP contribution in [-0.2, 0) is 11.3 Å². The number of nitrogens with zero attached hydrogens (tertiary/aromatic N) is 2. The van der Waals surface area contributed by atoms with Gasteiger partial charge in [0.25, 0.3) is 0 Å². The van der Waals surface area contributed by atoms with Gasteiger partial charge in [-0.1, -0.05) is 35.9 Å². The van der Waals surface area contributed by atoms with Gasteiger partial charge in [0.15, 0.2) is 11.7 Å². The molecule has 7 nitrogen and oxygen atoms in total. The molecule has 0 aliphatic heterocycles. The Morgan fingerprint density at radius 2 is 1.97 bits per heavy atom. The number of aryl methyl sites for hydroxylation is 1. The zero-order valence-corrected chi connectivity index (χ0v) is 17.6. The zero-order valence-electron chi connectivity index (χ0n) is 17.6. The van der Waals surface area contributed by atoms with E-state index in [1.807, 2.05) is 36.4 Å². The number of methoxy groups -OCH3 is 1. The molecule has 3 rings (SSSR count). The molecule has 0 unspecified atom stereocenters. The minimum atomic E-state index is 0.415. The van der Waals surface area contributed by atoms with E-state index in [9.17, 15) is 0 Å². The number of guanidine groups is 1. The summed E-state index contributed by atoms with van der Waals surface area (Å²) in [4.78, 5) is 8.61. The van der Waals surface area contributed by atoms with E-state index in [1.54, 1.807) is 20.4 Å². The summed E-state index contributed by atoms with van der Waals surface area (Å²) in [5.74, 6) is 2.74. The molecule has 2 aromatic carbocycles. The van der Waals surface area contributed by atoms with Crippen LogP contribution in [0.4, 0.5) is 5.69 Å². The second kappa shape index (κ2) is 11.0. The van der Waals surface area contributed by atoms with Crippen LogP contribution in [0.15, 0.2) is 64.1 Å². The Bertz CT molecular complexity index is 951. The molecular weight excluding hydrogens is 380 g/mol. The molecule has 3 aromatic rings. The molecular formula is C23H28N4O3. The topological polar surface area (TPSA) is 80.9 Å². The lowest BCUT2D eigenvalue weighted by Crippen LogP contribution is -2.30. The third kappa shape index (κ3) is 6.35. The van der Waals surface area contributed by atoms with E-state index in [2.05, 4.69) is 39.7 Å². The lowest BCUT2D eigenvalue weighted by Gasteiger charge is -2.12. The fraction of sp³-hybridized carbons (Fsp3) is 0.304. The van der Waals surface area contributed by atoms with Crippen LogP contribution in [0.2, 0.25) is 0 Å². The standard InChI is InChI=1S/C23H28N4O3/c1-17-8-10-18(11-9-17)21-15-25-22(30-21)16-26-23(24-2)27-19-6-4-7-20(14-19)29-13-5-12-28-3/h4,6-11,14-15H,5,12-13,16H2,1-3H3,(H2,24,26,27). The first-order valence-corrected chi connectivity index (χ1v) is 9.89. The van der Waals surface area contributed by atoms with Crippen molar-refractivity contribution in [3.8, 4) is 17.1 Å². The van der Waals surface area contributed by atoms with Gasteiger partial charge in [0.05, 0.1) is 19.3 Å². The number of nitrogens with one attached hydrogen (secondary N) is 2. The van der Waals surface area contributed by atoms with Gasteiger partial charge in [0.2, 0.25) is 5.89 Å². The van der Waals surface area contributed by atoms with Gasteiger partial charge in [-0.3, -0.25) is 4.99 Å². The summed E-state index contributed by atoms with van der Waals surface area (Å²) in [6.45, 7) is 3.76. The zero-order chi connectivity index (χ0) is 21.2. The third-order valence-corrected chi connectivity index (χ3v) is 4.38. The molecule has 0 atom stereocenters. The smallest absolute Gasteiger partial charge is 0.214 e. The van der Waals surface area contributed by atoms with Crippen molar-refractivity contribution in [3.05, 3.63) is 66.2 Å². The number of benzene rings is 2. The minimum Gasteiger partial charge on any atom is -0.493 e. The molecule has 30 heavy (non-hydrogen) atoms. The number of aromatic nitrogens is 1. The highest BCUT2D eigenvalue weighted by Crippen LogP contribution is 2.21. The maximum absolute atomic E-state index is 5.85. The van der Waals surface area contributed by atoms with E-state index in [1.165, 1.54) is 5.56 Å². The molecule has 0 spiro atoms. The Morgan fingerprint density at radius 3 is 2.73 bits per heavy atom. The summed E-state index contributed by atoms with van der Waals surface area (Å²) < 4.78 is 16.6. The Morgan fingerprint density at radius 1 is 1.13 bits per heavy atom. The predicted molar refractivity (Wildman–Crippen MR) is 119 cm³/mol. The Kier molecular flexibility index (Phi) is 7.86. The summed E-state index contributed by atoms with van der Waals surface area (Å²) in [5.41, 5.74) is 3.09. The van der Waals surface area contributed by atoms with Crippen molar-refractivity contribution in [3.63, 3.8) is 0 Å². The maximum Gasteiger partial charge on any atom is 0.214 e. The van der Waals surface area contributed by atoms with Crippen LogP contribution in [0.3, 0.4) is 0 Å². The normalized spacial score (nSPS) is 11.4. The van der Waals surface area contributed by atoms with Crippen LogP contribution in [0, 0.1) is 6.92 Å². The molecule has 0 amide bonds. The number of aliphatic imine (C=N–C) groups is 1. The van der Waals surface area contributed by atoms with Crippen LogP contribution in [-0.4, -0.2) is 38.3 Å². The van der Waals surface area contributed by atoms with Gasteiger partial charge in [-0.05, 0) is 19.1 Å². The van der Waals surface area contributed by atoms with Crippen molar-refractivity contribution in [2.24, 2.45) is 4.99 Å². The van der Waals surface area contributed by atoms with E-state index in [0.717, 1.165) is 29.2 Å². The molecule has 0 aliphatic carbocycles. The second-order valence-corrected chi connectivity index (χ2v) is 6.76. The molecule has 0 bridgehead atoms. The van der Waals surface area contributed by atoms with Gasteiger partial charge in [-0.2, -0.15) is 0 Å². The quantitative estimate of drug-likeness (QED) is 0.313. The molecule has 158 valence electrons. The summed E-state index contributed by atoms with van der Waals surface area (Å²) in [5, 5.41) is 6.46. The summed E-state index contributed by atoms with van der Waals surface area (Å²) in [7, 11) is 3.40. The van der Waals surface area contributed by atoms with Crippen molar-refractivity contribution in [2.45, 2.75) is 19.9 Å². The molecule has 0 aliphatic rings. The largest absolute Gasteiger partial charge is 0.493 e. The van der Waals surface area contributed by atoms with E-state index < -0.39 is 0 Å². The number of hydrogen-bond acceptors (Lipinski definition) is 5. The molecule has 1 heterocycles. The highest BCUT2D eigenvalue weighted by atomic mass is 16.5. The molecule has 0 radical (unpaired) electrons. The fourth-order valence-electron chi connectivity index (χ4n) is 2.78. The van der Waals surface area contributed by atoms with Gasteiger partial charge >= 0.3 is 0 Å². The molecule has 2 N–H and O–H groups in total.